The second-order valence-electron chi connectivity index (χ2n) is 6.66. The number of methoxy groups -OCH3 is 1. The molecule has 0 saturated heterocycles. The molecule has 1 saturated carbocycles. The van der Waals surface area contributed by atoms with Crippen LogP contribution in [0, 0.1) is 0 Å². The number of aromatic nitrogens is 3. The summed E-state index contributed by atoms with van der Waals surface area (Å²) in [6, 6.07) is 9.90. The lowest BCUT2D eigenvalue weighted by Crippen LogP contribution is -2.36. The number of nitrogens with zero attached hydrogens (tertiary/aromatic N) is 3. The maximum atomic E-state index is 12.7. The molecule has 0 aliphatic heterocycles. The van der Waals surface area contributed by atoms with Gasteiger partial charge in [-0.3, -0.25) is 4.79 Å². The molecule has 2 heterocycles. The second kappa shape index (κ2) is 7.15. The van der Waals surface area contributed by atoms with Gasteiger partial charge in [-0.05, 0) is 31.0 Å². The fourth-order valence-electron chi connectivity index (χ4n) is 3.56. The first kappa shape index (κ1) is 16.6. The van der Waals surface area contributed by atoms with Crippen molar-refractivity contribution in [2.75, 3.05) is 7.11 Å². The zero-order valence-electron chi connectivity index (χ0n) is 14.8. The molecule has 26 heavy (non-hydrogen) atoms. The smallest absolute Gasteiger partial charge is 0.256 e. The molecule has 6 nitrogen and oxygen atoms in total. The monoisotopic (exact) mass is 350 g/mol. The van der Waals surface area contributed by atoms with Crippen LogP contribution in [0.25, 0.3) is 16.9 Å². The van der Waals surface area contributed by atoms with Gasteiger partial charge in [0.1, 0.15) is 11.3 Å². The Morgan fingerprint density at radius 1 is 1.23 bits per heavy atom. The van der Waals surface area contributed by atoms with E-state index in [0.29, 0.717) is 11.2 Å². The summed E-state index contributed by atoms with van der Waals surface area (Å²) >= 11 is 0. The number of fused-ring (bicyclic) bond motifs is 1. The minimum Gasteiger partial charge on any atom is -0.497 e. The van der Waals surface area contributed by atoms with Gasteiger partial charge in [-0.2, -0.15) is 5.10 Å². The molecule has 1 fully saturated rings. The van der Waals surface area contributed by atoms with Crippen LogP contribution in [0.2, 0.25) is 0 Å². The Bertz CT molecular complexity index is 928. The van der Waals surface area contributed by atoms with Crippen LogP contribution in [-0.4, -0.2) is 33.7 Å². The van der Waals surface area contributed by atoms with E-state index in [0.717, 1.165) is 29.8 Å². The van der Waals surface area contributed by atoms with E-state index in [1.807, 2.05) is 30.3 Å². The first-order valence-electron chi connectivity index (χ1n) is 9.04. The predicted molar refractivity (Wildman–Crippen MR) is 99.3 cm³/mol. The Labute approximate surface area is 152 Å². The molecule has 1 N–H and O–H groups in total. The Kier molecular flexibility index (Phi) is 4.56. The lowest BCUT2D eigenvalue weighted by Gasteiger charge is -2.22. The van der Waals surface area contributed by atoms with Gasteiger partial charge in [-0.1, -0.05) is 31.4 Å². The van der Waals surface area contributed by atoms with Crippen LogP contribution in [-0.2, 0) is 0 Å². The maximum absolute atomic E-state index is 12.7. The van der Waals surface area contributed by atoms with Gasteiger partial charge in [0.25, 0.3) is 5.91 Å². The van der Waals surface area contributed by atoms with Gasteiger partial charge < -0.3 is 10.1 Å². The number of carbonyl (C=O) groups excluding carboxylic acids is 1. The quantitative estimate of drug-likeness (QED) is 0.782. The van der Waals surface area contributed by atoms with Gasteiger partial charge in [0.15, 0.2) is 5.65 Å². The molecule has 1 aliphatic rings. The largest absolute Gasteiger partial charge is 0.497 e. The summed E-state index contributed by atoms with van der Waals surface area (Å²) in [4.78, 5) is 17.1. The predicted octanol–water partition coefficient (Wildman–Crippen LogP) is 3.47. The number of rotatable bonds is 4. The molecule has 4 rings (SSSR count). The summed E-state index contributed by atoms with van der Waals surface area (Å²) in [5, 5.41) is 7.56. The third kappa shape index (κ3) is 3.14. The maximum Gasteiger partial charge on any atom is 0.256 e. The van der Waals surface area contributed by atoms with Crippen LogP contribution >= 0.6 is 0 Å². The number of ether oxygens (including phenoxy) is 1. The highest BCUT2D eigenvalue weighted by Gasteiger charge is 2.20. The van der Waals surface area contributed by atoms with Gasteiger partial charge in [-0.25, -0.2) is 9.50 Å². The molecule has 6 heteroatoms. The van der Waals surface area contributed by atoms with Crippen LogP contribution in [0.4, 0.5) is 0 Å². The molecule has 0 atom stereocenters. The Morgan fingerprint density at radius 2 is 2.08 bits per heavy atom. The van der Waals surface area contributed by atoms with Crippen LogP contribution in [0.3, 0.4) is 0 Å². The minimum atomic E-state index is -0.0952. The van der Waals surface area contributed by atoms with Gasteiger partial charge in [-0.15, -0.1) is 0 Å². The highest BCUT2D eigenvalue weighted by molar-refractivity contribution is 6.00. The number of nitrogens with one attached hydrogen (secondary N) is 1. The van der Waals surface area contributed by atoms with Gasteiger partial charge >= 0.3 is 0 Å². The van der Waals surface area contributed by atoms with Crippen molar-refractivity contribution in [3.63, 3.8) is 0 Å². The van der Waals surface area contributed by atoms with E-state index in [1.165, 1.54) is 19.3 Å². The molecule has 0 unspecified atom stereocenters. The van der Waals surface area contributed by atoms with E-state index in [9.17, 15) is 4.79 Å². The summed E-state index contributed by atoms with van der Waals surface area (Å²) in [5.41, 5.74) is 2.91. The first-order valence-corrected chi connectivity index (χ1v) is 9.04. The Balaban J connectivity index is 1.67. The van der Waals surface area contributed by atoms with E-state index in [1.54, 1.807) is 24.0 Å². The highest BCUT2D eigenvalue weighted by atomic mass is 16.5. The lowest BCUT2D eigenvalue weighted by molar-refractivity contribution is 0.0929. The SMILES string of the molecule is COc1cccc(-c2ccnc3c(C(=O)NC4CCCCC4)cnn23)c1. The number of amides is 1. The van der Waals surface area contributed by atoms with Gasteiger partial charge in [0, 0.05) is 17.8 Å². The standard InChI is InChI=1S/C20H22N4O2/c1-26-16-9-5-6-14(12-16)18-10-11-21-19-17(13-22-24(18)19)20(25)23-15-7-3-2-4-8-15/h5-6,9-13,15H,2-4,7-8H2,1H3,(H,23,25). The van der Waals surface area contributed by atoms with E-state index >= 15 is 0 Å². The lowest BCUT2D eigenvalue weighted by atomic mass is 9.95. The second-order valence-corrected chi connectivity index (χ2v) is 6.66. The third-order valence-corrected chi connectivity index (χ3v) is 4.95. The van der Waals surface area contributed by atoms with E-state index < -0.39 is 0 Å². The number of benzene rings is 1. The molecule has 0 radical (unpaired) electrons. The van der Waals surface area contributed by atoms with Crippen LogP contribution in [0.5, 0.6) is 5.75 Å². The Morgan fingerprint density at radius 3 is 2.88 bits per heavy atom. The van der Waals surface area contributed by atoms with Crippen LogP contribution in [0.15, 0.2) is 42.7 Å². The first-order chi connectivity index (χ1) is 12.8. The van der Waals surface area contributed by atoms with Crippen molar-refractivity contribution < 1.29 is 9.53 Å². The fraction of sp³-hybridized carbons (Fsp3) is 0.350. The zero-order valence-corrected chi connectivity index (χ0v) is 14.8. The average Bonchev–Trinajstić information content (AvgIpc) is 3.13. The molecular weight excluding hydrogens is 328 g/mol. The normalized spacial score (nSPS) is 15.1. The average molecular weight is 350 g/mol. The van der Waals surface area contributed by atoms with Crippen molar-refractivity contribution >= 4 is 11.6 Å². The van der Waals surface area contributed by atoms with Crippen molar-refractivity contribution in [1.82, 2.24) is 19.9 Å². The molecule has 3 aromatic rings. The van der Waals surface area contributed by atoms with Crippen molar-refractivity contribution in [2.45, 2.75) is 38.1 Å². The molecule has 1 aliphatic carbocycles. The summed E-state index contributed by atoms with van der Waals surface area (Å²) in [6.07, 6.45) is 9.03. The highest BCUT2D eigenvalue weighted by Crippen LogP contribution is 2.25. The molecule has 1 aromatic carbocycles. The van der Waals surface area contributed by atoms with Crippen molar-refractivity contribution in [2.24, 2.45) is 0 Å². The third-order valence-electron chi connectivity index (χ3n) is 4.95. The van der Waals surface area contributed by atoms with Crippen molar-refractivity contribution in [3.8, 4) is 17.0 Å². The van der Waals surface area contributed by atoms with Crippen molar-refractivity contribution in [3.05, 3.63) is 48.3 Å². The van der Waals surface area contributed by atoms with E-state index in [4.69, 9.17) is 4.74 Å². The minimum absolute atomic E-state index is 0.0952. The van der Waals surface area contributed by atoms with Gasteiger partial charge in [0.05, 0.1) is 19.0 Å². The molecular formula is C20H22N4O2. The van der Waals surface area contributed by atoms with E-state index in [2.05, 4.69) is 15.4 Å². The summed E-state index contributed by atoms with van der Waals surface area (Å²) in [7, 11) is 1.64. The van der Waals surface area contributed by atoms with Crippen LogP contribution < -0.4 is 10.1 Å². The molecule has 1 amide bonds. The molecule has 2 aromatic heterocycles. The molecule has 0 spiro atoms. The van der Waals surface area contributed by atoms with Crippen molar-refractivity contribution in [1.29, 1.82) is 0 Å². The Hall–Kier alpha value is -2.89. The molecule has 0 bridgehead atoms. The topological polar surface area (TPSA) is 68.5 Å². The van der Waals surface area contributed by atoms with Crippen LogP contribution in [0.1, 0.15) is 42.5 Å². The van der Waals surface area contributed by atoms with Gasteiger partial charge in [0.2, 0.25) is 0 Å². The van der Waals surface area contributed by atoms with E-state index in [-0.39, 0.29) is 11.9 Å². The number of carbonyl (C=O) groups is 1. The fourth-order valence-corrected chi connectivity index (χ4v) is 3.56. The summed E-state index contributed by atoms with van der Waals surface area (Å²) < 4.78 is 7.02. The zero-order chi connectivity index (χ0) is 17.9. The molecule has 134 valence electrons. The summed E-state index contributed by atoms with van der Waals surface area (Å²) in [6.45, 7) is 0. The number of hydrogen-bond acceptors (Lipinski definition) is 4. The summed E-state index contributed by atoms with van der Waals surface area (Å²) in [5.74, 6) is 0.678. The number of hydrogen-bond donors (Lipinski definition) is 1.